The Labute approximate surface area is 115 Å². The highest BCUT2D eigenvalue weighted by Gasteiger charge is 2.21. The first-order valence-corrected chi connectivity index (χ1v) is 8.24. The lowest BCUT2D eigenvalue weighted by molar-refractivity contribution is 0.0697. The van der Waals surface area contributed by atoms with Gasteiger partial charge >= 0.3 is 5.97 Å². The number of carboxylic acid groups (broad SMARTS) is 1. The zero-order valence-corrected chi connectivity index (χ0v) is 11.8. The van der Waals surface area contributed by atoms with Crippen molar-refractivity contribution in [1.82, 2.24) is 4.72 Å². The second kappa shape index (κ2) is 6.00. The first kappa shape index (κ1) is 14.4. The molecular formula is C11H15NO5S2. The second-order valence-corrected chi connectivity index (χ2v) is 7.28. The number of carbonyl (C=O) groups is 1. The number of carboxylic acids is 1. The van der Waals surface area contributed by atoms with Gasteiger partial charge in [0.1, 0.15) is 4.21 Å². The van der Waals surface area contributed by atoms with Crippen LogP contribution in [0.25, 0.3) is 0 Å². The molecule has 106 valence electrons. The molecule has 6 nitrogen and oxygen atoms in total. The largest absolute Gasteiger partial charge is 0.478 e. The molecule has 19 heavy (non-hydrogen) atoms. The molecule has 8 heteroatoms. The zero-order valence-electron chi connectivity index (χ0n) is 10.2. The van der Waals surface area contributed by atoms with Gasteiger partial charge in [0, 0.05) is 18.5 Å². The summed E-state index contributed by atoms with van der Waals surface area (Å²) >= 11 is 0.891. The maximum Gasteiger partial charge on any atom is 0.336 e. The Bertz CT molecular complexity index is 547. The van der Waals surface area contributed by atoms with Crippen LogP contribution in [0.5, 0.6) is 0 Å². The van der Waals surface area contributed by atoms with Crippen molar-refractivity contribution in [1.29, 1.82) is 0 Å². The molecule has 2 N–H and O–H groups in total. The summed E-state index contributed by atoms with van der Waals surface area (Å²) in [7, 11) is -3.63. The van der Waals surface area contributed by atoms with E-state index < -0.39 is 16.0 Å². The number of ether oxygens (including phenoxy) is 1. The van der Waals surface area contributed by atoms with Crippen molar-refractivity contribution < 1.29 is 23.1 Å². The maximum atomic E-state index is 11.8. The molecule has 0 atom stereocenters. The van der Waals surface area contributed by atoms with Gasteiger partial charge in [0.2, 0.25) is 10.0 Å². The van der Waals surface area contributed by atoms with Crippen LogP contribution in [0.2, 0.25) is 0 Å². The highest BCUT2D eigenvalue weighted by molar-refractivity contribution is 7.91. The molecule has 1 fully saturated rings. The molecule has 1 aromatic rings. The first-order valence-electron chi connectivity index (χ1n) is 5.88. The van der Waals surface area contributed by atoms with Gasteiger partial charge in [0.05, 0.1) is 12.2 Å². The van der Waals surface area contributed by atoms with E-state index in [1.807, 2.05) is 0 Å². The molecule has 0 aliphatic heterocycles. The lowest BCUT2D eigenvalue weighted by Crippen LogP contribution is -2.27. The van der Waals surface area contributed by atoms with Gasteiger partial charge in [-0.2, -0.15) is 0 Å². The van der Waals surface area contributed by atoms with Gasteiger partial charge in [0.25, 0.3) is 0 Å². The Balaban J connectivity index is 1.80. The minimum absolute atomic E-state index is 0.00657. The average molecular weight is 305 g/mol. The first-order chi connectivity index (χ1) is 8.99. The lowest BCUT2D eigenvalue weighted by atomic mass is 10.4. The normalized spacial score (nSPS) is 15.6. The number of nitrogens with one attached hydrogen (secondary N) is 1. The third kappa shape index (κ3) is 4.27. The number of sulfonamides is 1. The fraction of sp³-hybridized carbons (Fsp3) is 0.545. The summed E-state index contributed by atoms with van der Waals surface area (Å²) in [6, 6.07) is 1.15. The van der Waals surface area contributed by atoms with E-state index in [0.29, 0.717) is 19.1 Å². The molecule has 0 spiro atoms. The van der Waals surface area contributed by atoms with E-state index in [9.17, 15) is 13.2 Å². The summed E-state index contributed by atoms with van der Waals surface area (Å²) in [4.78, 5) is 10.7. The summed E-state index contributed by atoms with van der Waals surface area (Å²) in [6.07, 6.45) is 2.39. The van der Waals surface area contributed by atoms with Crippen molar-refractivity contribution in [3.63, 3.8) is 0 Å². The molecule has 0 amide bonds. The summed E-state index contributed by atoms with van der Waals surface area (Å²) in [5.41, 5.74) is -0.0182. The monoisotopic (exact) mass is 305 g/mol. The Morgan fingerprint density at radius 2 is 2.26 bits per heavy atom. The van der Waals surface area contributed by atoms with Crippen LogP contribution in [0, 0.1) is 5.92 Å². The number of hydrogen-bond donors (Lipinski definition) is 2. The van der Waals surface area contributed by atoms with Gasteiger partial charge < -0.3 is 9.84 Å². The SMILES string of the molecule is O=C(O)c1csc(S(=O)(=O)NCCOCC2CC2)c1. The van der Waals surface area contributed by atoms with Crippen molar-refractivity contribution in [2.75, 3.05) is 19.8 Å². The number of aromatic carboxylic acids is 1. The third-order valence-electron chi connectivity index (χ3n) is 2.68. The van der Waals surface area contributed by atoms with Crippen LogP contribution in [0.15, 0.2) is 15.7 Å². The Morgan fingerprint density at radius 3 is 2.84 bits per heavy atom. The highest BCUT2D eigenvalue weighted by Crippen LogP contribution is 2.28. The zero-order chi connectivity index (χ0) is 13.9. The summed E-state index contributed by atoms with van der Waals surface area (Å²) in [6.45, 7) is 1.20. The van der Waals surface area contributed by atoms with Crippen molar-refractivity contribution >= 4 is 27.3 Å². The predicted octanol–water partition coefficient (Wildman–Crippen LogP) is 1.15. The van der Waals surface area contributed by atoms with Crippen LogP contribution in [0.4, 0.5) is 0 Å². The highest BCUT2D eigenvalue weighted by atomic mass is 32.2. The van der Waals surface area contributed by atoms with Gasteiger partial charge in [-0.05, 0) is 24.8 Å². The van der Waals surface area contributed by atoms with E-state index in [4.69, 9.17) is 9.84 Å². The molecule has 2 rings (SSSR count). The molecule has 1 aliphatic carbocycles. The molecule has 0 saturated heterocycles. The van der Waals surface area contributed by atoms with Crippen LogP contribution in [0.1, 0.15) is 23.2 Å². The van der Waals surface area contributed by atoms with E-state index in [-0.39, 0.29) is 16.3 Å². The standard InChI is InChI=1S/C11H15NO5S2/c13-11(14)9-5-10(18-7-9)19(15,16)12-3-4-17-6-8-1-2-8/h5,7-8,12H,1-4,6H2,(H,13,14). The third-order valence-corrected chi connectivity index (χ3v) is 5.58. The van der Waals surface area contributed by atoms with Gasteiger partial charge in [-0.1, -0.05) is 0 Å². The molecule has 1 aliphatic rings. The van der Waals surface area contributed by atoms with E-state index in [1.54, 1.807) is 0 Å². The van der Waals surface area contributed by atoms with E-state index in [2.05, 4.69) is 4.72 Å². The smallest absolute Gasteiger partial charge is 0.336 e. The molecule has 0 aromatic carbocycles. The lowest BCUT2D eigenvalue weighted by Gasteiger charge is -2.05. The van der Waals surface area contributed by atoms with Crippen molar-refractivity contribution in [3.8, 4) is 0 Å². The Hall–Kier alpha value is -0.960. The summed E-state index contributed by atoms with van der Waals surface area (Å²) in [5, 5.41) is 10.0. The van der Waals surface area contributed by atoms with Crippen molar-refractivity contribution in [3.05, 3.63) is 17.0 Å². The summed E-state index contributed by atoms with van der Waals surface area (Å²) in [5.74, 6) is -0.488. The minimum Gasteiger partial charge on any atom is -0.478 e. The van der Waals surface area contributed by atoms with Gasteiger partial charge in [-0.25, -0.2) is 17.9 Å². The van der Waals surface area contributed by atoms with Crippen LogP contribution < -0.4 is 4.72 Å². The number of hydrogen-bond acceptors (Lipinski definition) is 5. The van der Waals surface area contributed by atoms with Crippen molar-refractivity contribution in [2.45, 2.75) is 17.1 Å². The molecule has 0 radical (unpaired) electrons. The average Bonchev–Trinajstić information content (AvgIpc) is 3.01. The summed E-state index contributed by atoms with van der Waals surface area (Å²) < 4.78 is 31.4. The van der Waals surface area contributed by atoms with Crippen LogP contribution in [-0.2, 0) is 14.8 Å². The van der Waals surface area contributed by atoms with E-state index in [1.165, 1.54) is 18.2 Å². The van der Waals surface area contributed by atoms with E-state index >= 15 is 0 Å². The van der Waals surface area contributed by atoms with Crippen LogP contribution >= 0.6 is 11.3 Å². The fourth-order valence-corrected chi connectivity index (χ4v) is 3.63. The van der Waals surface area contributed by atoms with Gasteiger partial charge in [-0.3, -0.25) is 0 Å². The predicted molar refractivity (Wildman–Crippen MR) is 70.0 cm³/mol. The minimum atomic E-state index is -3.63. The molecule has 1 heterocycles. The molecular weight excluding hydrogens is 290 g/mol. The van der Waals surface area contributed by atoms with Crippen molar-refractivity contribution in [2.24, 2.45) is 5.92 Å². The number of thiophene rings is 1. The number of rotatable bonds is 8. The molecule has 0 bridgehead atoms. The topological polar surface area (TPSA) is 92.7 Å². The Morgan fingerprint density at radius 1 is 1.53 bits per heavy atom. The maximum absolute atomic E-state index is 11.8. The van der Waals surface area contributed by atoms with Gasteiger partial charge in [-0.15, -0.1) is 11.3 Å². The van der Waals surface area contributed by atoms with Crippen LogP contribution in [0.3, 0.4) is 0 Å². The molecule has 1 saturated carbocycles. The fourth-order valence-electron chi connectivity index (χ4n) is 1.42. The second-order valence-electron chi connectivity index (χ2n) is 4.38. The van der Waals surface area contributed by atoms with Gasteiger partial charge in [0.15, 0.2) is 0 Å². The molecule has 1 aromatic heterocycles. The Kier molecular flexibility index (Phi) is 4.56. The van der Waals surface area contributed by atoms with E-state index in [0.717, 1.165) is 17.4 Å². The quantitative estimate of drug-likeness (QED) is 0.703. The van der Waals surface area contributed by atoms with Crippen LogP contribution in [-0.4, -0.2) is 39.3 Å². The molecule has 0 unspecified atom stereocenters.